The van der Waals surface area contributed by atoms with Crippen molar-refractivity contribution in [3.63, 3.8) is 0 Å². The maximum Gasteiger partial charge on any atom is 0.338 e. The normalized spacial score (nSPS) is 10.5. The number of fused-ring (bicyclic) bond motifs is 1. The van der Waals surface area contributed by atoms with Crippen LogP contribution in [0.5, 0.6) is 0 Å². The van der Waals surface area contributed by atoms with Crippen LogP contribution < -0.4 is 0 Å². The van der Waals surface area contributed by atoms with E-state index in [0.717, 1.165) is 16.3 Å². The van der Waals surface area contributed by atoms with E-state index in [1.807, 2.05) is 30.3 Å². The zero-order chi connectivity index (χ0) is 12.3. The topological polar surface area (TPSA) is 35.5 Å². The summed E-state index contributed by atoms with van der Waals surface area (Å²) in [4.78, 5) is 11.6. The molecule has 3 nitrogen and oxygen atoms in total. The number of hydrogen-bond donors (Lipinski definition) is 0. The summed E-state index contributed by atoms with van der Waals surface area (Å²) in [7, 11) is 3.04. The van der Waals surface area contributed by atoms with Crippen LogP contribution in [-0.4, -0.2) is 20.2 Å². The second-order valence-electron chi connectivity index (χ2n) is 3.74. The fraction of sp³-hybridized carbons (Fsp3) is 0.214. The number of carbonyl (C=O) groups is 1. The van der Waals surface area contributed by atoms with E-state index in [2.05, 4.69) is 0 Å². The van der Waals surface area contributed by atoms with Crippen LogP contribution in [0.15, 0.2) is 36.4 Å². The third kappa shape index (κ3) is 2.15. The molecule has 2 aromatic rings. The first kappa shape index (κ1) is 11.6. The van der Waals surface area contributed by atoms with Gasteiger partial charge in [-0.1, -0.05) is 30.3 Å². The Bertz CT molecular complexity index is 546. The van der Waals surface area contributed by atoms with Crippen LogP contribution in [0.25, 0.3) is 10.8 Å². The fourth-order valence-corrected chi connectivity index (χ4v) is 1.93. The summed E-state index contributed by atoms with van der Waals surface area (Å²) < 4.78 is 9.92. The van der Waals surface area contributed by atoms with E-state index in [1.54, 1.807) is 13.2 Å². The summed E-state index contributed by atoms with van der Waals surface area (Å²) in [5.41, 5.74) is 1.65. The minimum absolute atomic E-state index is 0.315. The Morgan fingerprint density at radius 3 is 2.41 bits per heavy atom. The van der Waals surface area contributed by atoms with Gasteiger partial charge in [0.1, 0.15) is 0 Å². The summed E-state index contributed by atoms with van der Waals surface area (Å²) in [6.45, 7) is 0.530. The standard InChI is InChI=1S/C14H14O3/c1-16-9-10-7-8-13(14(15)17-2)12-6-4-3-5-11(10)12/h3-8H,9H2,1-2H3. The maximum atomic E-state index is 11.6. The lowest BCUT2D eigenvalue weighted by atomic mass is 10.00. The molecular weight excluding hydrogens is 216 g/mol. The molecule has 2 rings (SSSR count). The molecule has 0 N–H and O–H groups in total. The third-order valence-corrected chi connectivity index (χ3v) is 2.72. The zero-order valence-electron chi connectivity index (χ0n) is 9.90. The Hall–Kier alpha value is -1.87. The highest BCUT2D eigenvalue weighted by atomic mass is 16.5. The van der Waals surface area contributed by atoms with Gasteiger partial charge in [0.15, 0.2) is 0 Å². The molecule has 0 fully saturated rings. The molecule has 0 saturated heterocycles. The van der Waals surface area contributed by atoms with Crippen molar-refractivity contribution in [2.45, 2.75) is 6.61 Å². The average molecular weight is 230 g/mol. The summed E-state index contributed by atoms with van der Waals surface area (Å²) >= 11 is 0. The van der Waals surface area contributed by atoms with Gasteiger partial charge in [-0.2, -0.15) is 0 Å². The molecule has 2 aromatic carbocycles. The Kier molecular flexibility index (Phi) is 3.40. The van der Waals surface area contributed by atoms with Gasteiger partial charge in [0.05, 0.1) is 19.3 Å². The predicted octanol–water partition coefficient (Wildman–Crippen LogP) is 2.77. The molecule has 0 bridgehead atoms. The van der Waals surface area contributed by atoms with Gasteiger partial charge in [-0.05, 0) is 22.4 Å². The second kappa shape index (κ2) is 4.97. The van der Waals surface area contributed by atoms with Crippen LogP contribution in [0.4, 0.5) is 0 Å². The van der Waals surface area contributed by atoms with E-state index in [0.29, 0.717) is 12.2 Å². The smallest absolute Gasteiger partial charge is 0.338 e. The molecule has 0 aromatic heterocycles. The van der Waals surface area contributed by atoms with Crippen LogP contribution in [0.1, 0.15) is 15.9 Å². The lowest BCUT2D eigenvalue weighted by molar-refractivity contribution is 0.0603. The lowest BCUT2D eigenvalue weighted by Gasteiger charge is -2.09. The van der Waals surface area contributed by atoms with Crippen molar-refractivity contribution >= 4 is 16.7 Å². The minimum Gasteiger partial charge on any atom is -0.465 e. The van der Waals surface area contributed by atoms with E-state index in [-0.39, 0.29) is 5.97 Å². The van der Waals surface area contributed by atoms with Crippen molar-refractivity contribution < 1.29 is 14.3 Å². The molecule has 17 heavy (non-hydrogen) atoms. The molecule has 0 spiro atoms. The number of ether oxygens (including phenoxy) is 2. The van der Waals surface area contributed by atoms with Crippen molar-refractivity contribution in [1.29, 1.82) is 0 Å². The Morgan fingerprint density at radius 1 is 1.06 bits per heavy atom. The van der Waals surface area contributed by atoms with Crippen LogP contribution in [0.2, 0.25) is 0 Å². The molecule has 0 amide bonds. The van der Waals surface area contributed by atoms with E-state index >= 15 is 0 Å². The fourth-order valence-electron chi connectivity index (χ4n) is 1.93. The van der Waals surface area contributed by atoms with Crippen molar-refractivity contribution in [2.24, 2.45) is 0 Å². The van der Waals surface area contributed by atoms with Crippen LogP contribution in [0.3, 0.4) is 0 Å². The maximum absolute atomic E-state index is 11.6. The van der Waals surface area contributed by atoms with E-state index in [4.69, 9.17) is 9.47 Å². The number of carbonyl (C=O) groups excluding carboxylic acids is 1. The first-order chi connectivity index (χ1) is 8.27. The molecule has 0 aliphatic carbocycles. The van der Waals surface area contributed by atoms with Gasteiger partial charge in [-0.3, -0.25) is 0 Å². The zero-order valence-corrected chi connectivity index (χ0v) is 9.90. The van der Waals surface area contributed by atoms with Gasteiger partial charge in [0.25, 0.3) is 0 Å². The molecule has 0 saturated carbocycles. The number of benzene rings is 2. The van der Waals surface area contributed by atoms with Crippen molar-refractivity contribution in [3.05, 3.63) is 47.5 Å². The van der Waals surface area contributed by atoms with Gasteiger partial charge < -0.3 is 9.47 Å². The summed E-state index contributed by atoms with van der Waals surface area (Å²) in [5, 5.41) is 1.92. The molecular formula is C14H14O3. The van der Waals surface area contributed by atoms with Crippen molar-refractivity contribution in [1.82, 2.24) is 0 Å². The monoisotopic (exact) mass is 230 g/mol. The van der Waals surface area contributed by atoms with Crippen LogP contribution in [-0.2, 0) is 16.1 Å². The third-order valence-electron chi connectivity index (χ3n) is 2.72. The molecule has 0 radical (unpaired) electrons. The summed E-state index contributed by atoms with van der Waals surface area (Å²) in [6.07, 6.45) is 0. The van der Waals surface area contributed by atoms with Crippen LogP contribution >= 0.6 is 0 Å². The van der Waals surface area contributed by atoms with Crippen molar-refractivity contribution in [3.8, 4) is 0 Å². The Morgan fingerprint density at radius 2 is 1.76 bits per heavy atom. The van der Waals surface area contributed by atoms with Gasteiger partial charge in [0.2, 0.25) is 0 Å². The largest absolute Gasteiger partial charge is 0.465 e. The number of methoxy groups -OCH3 is 2. The molecule has 0 aliphatic heterocycles. The number of hydrogen-bond acceptors (Lipinski definition) is 3. The second-order valence-corrected chi connectivity index (χ2v) is 3.74. The van der Waals surface area contributed by atoms with Gasteiger partial charge in [0, 0.05) is 7.11 Å². The first-order valence-electron chi connectivity index (χ1n) is 5.36. The quantitative estimate of drug-likeness (QED) is 0.760. The van der Waals surface area contributed by atoms with E-state index in [9.17, 15) is 4.79 Å². The highest BCUT2D eigenvalue weighted by Gasteiger charge is 2.11. The van der Waals surface area contributed by atoms with E-state index in [1.165, 1.54) is 7.11 Å². The molecule has 88 valence electrons. The molecule has 3 heteroatoms. The summed E-state index contributed by atoms with van der Waals surface area (Å²) in [6, 6.07) is 11.4. The van der Waals surface area contributed by atoms with Crippen molar-refractivity contribution in [2.75, 3.05) is 14.2 Å². The Balaban J connectivity index is 2.66. The molecule has 0 unspecified atom stereocenters. The van der Waals surface area contributed by atoms with Gasteiger partial charge in [-0.15, -0.1) is 0 Å². The summed E-state index contributed by atoms with van der Waals surface area (Å²) in [5.74, 6) is -0.315. The highest BCUT2D eigenvalue weighted by Crippen LogP contribution is 2.23. The Labute approximate surface area is 100.0 Å². The predicted molar refractivity (Wildman–Crippen MR) is 66.0 cm³/mol. The van der Waals surface area contributed by atoms with Gasteiger partial charge >= 0.3 is 5.97 Å². The number of esters is 1. The van der Waals surface area contributed by atoms with Crippen LogP contribution in [0, 0.1) is 0 Å². The van der Waals surface area contributed by atoms with E-state index < -0.39 is 0 Å². The average Bonchev–Trinajstić information content (AvgIpc) is 2.38. The minimum atomic E-state index is -0.315. The first-order valence-corrected chi connectivity index (χ1v) is 5.36. The van der Waals surface area contributed by atoms with Gasteiger partial charge in [-0.25, -0.2) is 4.79 Å². The number of rotatable bonds is 3. The molecule has 0 aliphatic rings. The molecule has 0 heterocycles. The SMILES string of the molecule is COCc1ccc(C(=O)OC)c2ccccc12. The highest BCUT2D eigenvalue weighted by molar-refractivity contribution is 6.05. The molecule has 0 atom stereocenters. The lowest BCUT2D eigenvalue weighted by Crippen LogP contribution is -2.03.